The van der Waals surface area contributed by atoms with Crippen LogP contribution in [0, 0.1) is 11.8 Å². The van der Waals surface area contributed by atoms with Gasteiger partial charge in [-0.3, -0.25) is 4.90 Å². The quantitative estimate of drug-likeness (QED) is 0.901. The van der Waals surface area contributed by atoms with E-state index in [4.69, 9.17) is 16.3 Å². The second-order valence-electron chi connectivity index (χ2n) is 5.24. The Morgan fingerprint density at radius 2 is 1.83 bits per heavy atom. The number of ether oxygens (including phenoxy) is 1. The van der Waals surface area contributed by atoms with Gasteiger partial charge in [0.1, 0.15) is 12.4 Å². The molecule has 18 heavy (non-hydrogen) atoms. The standard InChI is InChI=1S/C14H19ClN2O/c15-13-1-3-14(4-2-13)18-6-5-17-9-11-7-16-8-12(11)10-17/h1-4,11-12,16H,5-10H2/t11-,12+. The van der Waals surface area contributed by atoms with Crippen molar-refractivity contribution in [2.24, 2.45) is 11.8 Å². The highest BCUT2D eigenvalue weighted by atomic mass is 35.5. The van der Waals surface area contributed by atoms with Crippen LogP contribution in [0.2, 0.25) is 5.02 Å². The zero-order chi connectivity index (χ0) is 12.4. The molecular formula is C14H19ClN2O. The Morgan fingerprint density at radius 1 is 1.17 bits per heavy atom. The highest BCUT2D eigenvalue weighted by Gasteiger charge is 2.35. The van der Waals surface area contributed by atoms with Crippen LogP contribution in [0.5, 0.6) is 5.75 Å². The van der Waals surface area contributed by atoms with Crippen molar-refractivity contribution >= 4 is 11.6 Å². The molecule has 0 bridgehead atoms. The summed E-state index contributed by atoms with van der Waals surface area (Å²) in [7, 11) is 0. The van der Waals surface area contributed by atoms with Crippen LogP contribution < -0.4 is 10.1 Å². The Labute approximate surface area is 113 Å². The Balaban J connectivity index is 1.41. The first-order chi connectivity index (χ1) is 8.81. The summed E-state index contributed by atoms with van der Waals surface area (Å²) >= 11 is 5.83. The van der Waals surface area contributed by atoms with Gasteiger partial charge < -0.3 is 10.1 Å². The predicted octanol–water partition coefficient (Wildman–Crippen LogP) is 1.87. The van der Waals surface area contributed by atoms with E-state index in [1.165, 1.54) is 26.2 Å². The minimum absolute atomic E-state index is 0.752. The van der Waals surface area contributed by atoms with E-state index >= 15 is 0 Å². The molecule has 3 nitrogen and oxygen atoms in total. The van der Waals surface area contributed by atoms with Crippen LogP contribution in [0.1, 0.15) is 0 Å². The molecule has 0 unspecified atom stereocenters. The molecule has 2 atom stereocenters. The number of rotatable bonds is 4. The molecule has 1 aromatic rings. The minimum atomic E-state index is 0.752. The van der Waals surface area contributed by atoms with Crippen molar-refractivity contribution in [2.75, 3.05) is 39.3 Å². The average Bonchev–Trinajstić information content (AvgIpc) is 2.92. The maximum atomic E-state index is 5.83. The fraction of sp³-hybridized carbons (Fsp3) is 0.571. The number of benzene rings is 1. The van der Waals surface area contributed by atoms with Crippen LogP contribution in [-0.2, 0) is 0 Å². The van der Waals surface area contributed by atoms with Gasteiger partial charge in [-0.05, 0) is 49.2 Å². The van der Waals surface area contributed by atoms with E-state index in [2.05, 4.69) is 10.2 Å². The fourth-order valence-electron chi connectivity index (χ4n) is 2.96. The highest BCUT2D eigenvalue weighted by Crippen LogP contribution is 2.25. The minimum Gasteiger partial charge on any atom is -0.492 e. The average molecular weight is 267 g/mol. The molecule has 3 rings (SSSR count). The first kappa shape index (κ1) is 12.3. The Kier molecular flexibility index (Phi) is 3.73. The number of fused-ring (bicyclic) bond motifs is 1. The number of likely N-dealkylation sites (tertiary alicyclic amines) is 1. The Morgan fingerprint density at radius 3 is 2.50 bits per heavy atom. The van der Waals surface area contributed by atoms with E-state index in [9.17, 15) is 0 Å². The summed E-state index contributed by atoms with van der Waals surface area (Å²) in [4.78, 5) is 2.52. The van der Waals surface area contributed by atoms with Crippen molar-refractivity contribution in [3.63, 3.8) is 0 Å². The summed E-state index contributed by atoms with van der Waals surface area (Å²) in [5.41, 5.74) is 0. The molecule has 2 aliphatic heterocycles. The van der Waals surface area contributed by atoms with Crippen LogP contribution >= 0.6 is 11.6 Å². The van der Waals surface area contributed by atoms with E-state index in [0.717, 1.165) is 35.8 Å². The van der Waals surface area contributed by atoms with Crippen LogP contribution in [0.4, 0.5) is 0 Å². The number of halogens is 1. The van der Waals surface area contributed by atoms with Gasteiger partial charge in [-0.25, -0.2) is 0 Å². The first-order valence-electron chi connectivity index (χ1n) is 6.63. The first-order valence-corrected chi connectivity index (χ1v) is 7.00. The molecule has 2 heterocycles. The monoisotopic (exact) mass is 266 g/mol. The van der Waals surface area contributed by atoms with E-state index in [0.29, 0.717) is 0 Å². The number of hydrogen-bond acceptors (Lipinski definition) is 3. The van der Waals surface area contributed by atoms with Gasteiger partial charge in [-0.1, -0.05) is 11.6 Å². The third kappa shape index (κ3) is 2.79. The molecule has 0 saturated carbocycles. The van der Waals surface area contributed by atoms with Crippen LogP contribution in [0.25, 0.3) is 0 Å². The maximum absolute atomic E-state index is 5.83. The lowest BCUT2D eigenvalue weighted by molar-refractivity contribution is 0.228. The molecule has 1 N–H and O–H groups in total. The SMILES string of the molecule is Clc1ccc(OCCN2C[C@H]3CNC[C@H]3C2)cc1. The Hall–Kier alpha value is -0.770. The second-order valence-corrected chi connectivity index (χ2v) is 5.68. The number of hydrogen-bond donors (Lipinski definition) is 1. The summed E-state index contributed by atoms with van der Waals surface area (Å²) in [6.07, 6.45) is 0. The number of nitrogens with one attached hydrogen (secondary N) is 1. The lowest BCUT2D eigenvalue weighted by Crippen LogP contribution is -2.29. The summed E-state index contributed by atoms with van der Waals surface area (Å²) in [6, 6.07) is 7.57. The Bertz CT molecular complexity index is 383. The fourth-order valence-corrected chi connectivity index (χ4v) is 3.08. The molecule has 2 aliphatic rings. The molecule has 0 radical (unpaired) electrons. The van der Waals surface area contributed by atoms with E-state index in [1.807, 2.05) is 24.3 Å². The molecule has 4 heteroatoms. The highest BCUT2D eigenvalue weighted by molar-refractivity contribution is 6.30. The van der Waals surface area contributed by atoms with Crippen LogP contribution in [-0.4, -0.2) is 44.2 Å². The van der Waals surface area contributed by atoms with Crippen LogP contribution in [0.15, 0.2) is 24.3 Å². The van der Waals surface area contributed by atoms with E-state index in [-0.39, 0.29) is 0 Å². The van der Waals surface area contributed by atoms with Crippen LogP contribution in [0.3, 0.4) is 0 Å². The van der Waals surface area contributed by atoms with Gasteiger partial charge in [0.2, 0.25) is 0 Å². The summed E-state index contributed by atoms with van der Waals surface area (Å²) < 4.78 is 5.73. The van der Waals surface area contributed by atoms with E-state index < -0.39 is 0 Å². The largest absolute Gasteiger partial charge is 0.492 e. The third-order valence-electron chi connectivity index (χ3n) is 3.96. The molecule has 0 aromatic heterocycles. The molecule has 1 aromatic carbocycles. The normalized spacial score (nSPS) is 27.4. The zero-order valence-electron chi connectivity index (χ0n) is 10.4. The van der Waals surface area contributed by atoms with Gasteiger partial charge in [0, 0.05) is 24.7 Å². The van der Waals surface area contributed by atoms with Gasteiger partial charge in [0.15, 0.2) is 0 Å². The molecule has 0 aliphatic carbocycles. The lowest BCUT2D eigenvalue weighted by Gasteiger charge is -2.17. The molecular weight excluding hydrogens is 248 g/mol. The molecule has 0 spiro atoms. The van der Waals surface area contributed by atoms with Crippen molar-refractivity contribution in [2.45, 2.75) is 0 Å². The van der Waals surface area contributed by atoms with Crippen molar-refractivity contribution in [1.82, 2.24) is 10.2 Å². The molecule has 98 valence electrons. The third-order valence-corrected chi connectivity index (χ3v) is 4.21. The van der Waals surface area contributed by atoms with Gasteiger partial charge in [-0.15, -0.1) is 0 Å². The van der Waals surface area contributed by atoms with Crippen molar-refractivity contribution in [3.05, 3.63) is 29.3 Å². The molecule has 0 amide bonds. The summed E-state index contributed by atoms with van der Waals surface area (Å²) in [5, 5.41) is 4.21. The number of nitrogens with zero attached hydrogens (tertiary/aromatic N) is 1. The lowest BCUT2D eigenvalue weighted by atomic mass is 10.0. The van der Waals surface area contributed by atoms with Gasteiger partial charge >= 0.3 is 0 Å². The maximum Gasteiger partial charge on any atom is 0.119 e. The zero-order valence-corrected chi connectivity index (χ0v) is 11.2. The summed E-state index contributed by atoms with van der Waals surface area (Å²) in [6.45, 7) is 6.62. The van der Waals surface area contributed by atoms with Gasteiger partial charge in [0.25, 0.3) is 0 Å². The van der Waals surface area contributed by atoms with E-state index in [1.54, 1.807) is 0 Å². The van der Waals surface area contributed by atoms with Crippen molar-refractivity contribution in [3.8, 4) is 5.75 Å². The smallest absolute Gasteiger partial charge is 0.119 e. The second kappa shape index (κ2) is 5.47. The predicted molar refractivity (Wildman–Crippen MR) is 73.2 cm³/mol. The summed E-state index contributed by atoms with van der Waals surface area (Å²) in [5.74, 6) is 2.63. The van der Waals surface area contributed by atoms with Crippen molar-refractivity contribution < 1.29 is 4.74 Å². The van der Waals surface area contributed by atoms with Crippen molar-refractivity contribution in [1.29, 1.82) is 0 Å². The van der Waals surface area contributed by atoms with Gasteiger partial charge in [-0.2, -0.15) is 0 Å². The topological polar surface area (TPSA) is 24.5 Å². The molecule has 2 saturated heterocycles. The molecule has 2 fully saturated rings. The van der Waals surface area contributed by atoms with Gasteiger partial charge in [0.05, 0.1) is 0 Å².